The molecular weight excluding hydrogens is 272 g/mol. The molecule has 1 aromatic rings. The zero-order valence-corrected chi connectivity index (χ0v) is 12.0. The van der Waals surface area contributed by atoms with Crippen molar-refractivity contribution in [3.63, 3.8) is 0 Å². The first-order valence-electron chi connectivity index (χ1n) is 6.91. The molecule has 6 heteroatoms. The predicted octanol–water partition coefficient (Wildman–Crippen LogP) is 0.633. The molecular formula is C15H20N2O4. The smallest absolute Gasteiger partial charge is 0.335 e. The molecule has 21 heavy (non-hydrogen) atoms. The first-order chi connectivity index (χ1) is 10.0. The topological polar surface area (TPSA) is 92.9 Å². The summed E-state index contributed by atoms with van der Waals surface area (Å²) in [4.78, 5) is 25.0. The molecule has 0 radical (unpaired) electrons. The van der Waals surface area contributed by atoms with Gasteiger partial charge in [-0.3, -0.25) is 4.79 Å². The van der Waals surface area contributed by atoms with Gasteiger partial charge in [0.2, 0.25) is 5.91 Å². The van der Waals surface area contributed by atoms with Crippen molar-refractivity contribution in [3.8, 4) is 0 Å². The molecule has 0 fully saturated rings. The number of nitrogens with zero attached hydrogens (tertiary/aromatic N) is 1. The van der Waals surface area contributed by atoms with E-state index in [1.54, 1.807) is 24.1 Å². The number of benzene rings is 1. The number of fused-ring (bicyclic) bond motifs is 1. The molecule has 1 amide bonds. The monoisotopic (exact) mass is 292 g/mol. The fourth-order valence-corrected chi connectivity index (χ4v) is 2.48. The third kappa shape index (κ3) is 3.59. The summed E-state index contributed by atoms with van der Waals surface area (Å²) in [6.07, 6.45) is 1.20. The van der Waals surface area contributed by atoms with Crippen molar-refractivity contribution in [1.82, 2.24) is 4.90 Å². The Morgan fingerprint density at radius 1 is 1.43 bits per heavy atom. The summed E-state index contributed by atoms with van der Waals surface area (Å²) < 4.78 is 4.93. The Morgan fingerprint density at radius 2 is 2.19 bits per heavy atom. The van der Waals surface area contributed by atoms with Crippen LogP contribution in [0.5, 0.6) is 0 Å². The minimum absolute atomic E-state index is 0.113. The zero-order valence-electron chi connectivity index (χ0n) is 12.0. The van der Waals surface area contributed by atoms with Gasteiger partial charge in [0, 0.05) is 26.8 Å². The number of carboxylic acids is 1. The fourth-order valence-electron chi connectivity index (χ4n) is 2.48. The van der Waals surface area contributed by atoms with E-state index < -0.39 is 12.0 Å². The number of ether oxygens (including phenoxy) is 1. The highest BCUT2D eigenvalue weighted by Crippen LogP contribution is 2.21. The zero-order chi connectivity index (χ0) is 15.4. The number of carbonyl (C=O) groups is 2. The van der Waals surface area contributed by atoms with Crippen LogP contribution in [0, 0.1) is 0 Å². The predicted molar refractivity (Wildman–Crippen MR) is 77.0 cm³/mol. The van der Waals surface area contributed by atoms with Gasteiger partial charge in [0.1, 0.15) is 0 Å². The molecule has 0 saturated carbocycles. The van der Waals surface area contributed by atoms with Gasteiger partial charge in [0.05, 0.1) is 11.6 Å². The molecule has 0 aromatic heterocycles. The standard InChI is InChI=1S/C15H20N2O4/c1-21-7-5-13(16)14(18)17-6-4-10-2-3-11(15(19)20)8-12(10)9-17/h2-3,8,13H,4-7,9,16H2,1H3,(H,19,20). The molecule has 0 bridgehead atoms. The average Bonchev–Trinajstić information content (AvgIpc) is 2.50. The highest BCUT2D eigenvalue weighted by molar-refractivity contribution is 5.88. The molecule has 0 spiro atoms. The Morgan fingerprint density at radius 3 is 2.86 bits per heavy atom. The summed E-state index contributed by atoms with van der Waals surface area (Å²) in [6, 6.07) is 4.49. The van der Waals surface area contributed by atoms with E-state index in [2.05, 4.69) is 0 Å². The van der Waals surface area contributed by atoms with Crippen LogP contribution in [0.2, 0.25) is 0 Å². The quantitative estimate of drug-likeness (QED) is 0.830. The Hall–Kier alpha value is -1.92. The second kappa shape index (κ2) is 6.69. The summed E-state index contributed by atoms with van der Waals surface area (Å²) in [5, 5.41) is 9.03. The normalized spacial score (nSPS) is 15.4. The van der Waals surface area contributed by atoms with E-state index in [0.717, 1.165) is 17.5 Å². The van der Waals surface area contributed by atoms with Gasteiger partial charge in [-0.05, 0) is 36.1 Å². The van der Waals surface area contributed by atoms with E-state index in [0.29, 0.717) is 26.1 Å². The van der Waals surface area contributed by atoms with Crippen LogP contribution in [0.15, 0.2) is 18.2 Å². The van der Waals surface area contributed by atoms with Crippen LogP contribution in [0.4, 0.5) is 0 Å². The Bertz CT molecular complexity index is 544. The van der Waals surface area contributed by atoms with Crippen LogP contribution in [0.1, 0.15) is 27.9 Å². The number of carboxylic acid groups (broad SMARTS) is 1. The number of amides is 1. The molecule has 1 heterocycles. The van der Waals surface area contributed by atoms with Crippen LogP contribution in [0.25, 0.3) is 0 Å². The lowest BCUT2D eigenvalue weighted by molar-refractivity contribution is -0.133. The molecule has 0 aliphatic carbocycles. The van der Waals surface area contributed by atoms with E-state index >= 15 is 0 Å². The van der Waals surface area contributed by atoms with Gasteiger partial charge in [0.15, 0.2) is 0 Å². The van der Waals surface area contributed by atoms with Crippen LogP contribution < -0.4 is 5.73 Å². The lowest BCUT2D eigenvalue weighted by Crippen LogP contribution is -2.46. The third-order valence-electron chi connectivity index (χ3n) is 3.73. The van der Waals surface area contributed by atoms with Crippen LogP contribution >= 0.6 is 0 Å². The first kappa shape index (κ1) is 15.5. The number of methoxy groups -OCH3 is 1. The van der Waals surface area contributed by atoms with Crippen LogP contribution in [0.3, 0.4) is 0 Å². The first-order valence-corrected chi connectivity index (χ1v) is 6.91. The summed E-state index contributed by atoms with van der Waals surface area (Å²) in [5.74, 6) is -1.07. The minimum Gasteiger partial charge on any atom is -0.478 e. The Labute approximate surface area is 123 Å². The highest BCUT2D eigenvalue weighted by Gasteiger charge is 2.25. The highest BCUT2D eigenvalue weighted by atomic mass is 16.5. The maximum Gasteiger partial charge on any atom is 0.335 e. The third-order valence-corrected chi connectivity index (χ3v) is 3.73. The number of nitrogens with two attached hydrogens (primary N) is 1. The summed E-state index contributed by atoms with van der Waals surface area (Å²) in [5.41, 5.74) is 8.08. The lowest BCUT2D eigenvalue weighted by atomic mass is 9.97. The molecule has 0 saturated heterocycles. The summed E-state index contributed by atoms with van der Waals surface area (Å²) >= 11 is 0. The van der Waals surface area contributed by atoms with Crippen molar-refractivity contribution < 1.29 is 19.4 Å². The van der Waals surface area contributed by atoms with E-state index in [1.165, 1.54) is 0 Å². The molecule has 3 N–H and O–H groups in total. The van der Waals surface area contributed by atoms with Crippen molar-refractivity contribution in [2.75, 3.05) is 20.3 Å². The van der Waals surface area contributed by atoms with E-state index in [9.17, 15) is 9.59 Å². The molecule has 1 atom stereocenters. The Balaban J connectivity index is 2.09. The molecule has 114 valence electrons. The van der Waals surface area contributed by atoms with Crippen molar-refractivity contribution in [2.45, 2.75) is 25.4 Å². The average molecular weight is 292 g/mol. The second-order valence-corrected chi connectivity index (χ2v) is 5.19. The van der Waals surface area contributed by atoms with E-state index in [1.807, 2.05) is 6.07 Å². The molecule has 1 aromatic carbocycles. The van der Waals surface area contributed by atoms with Crippen molar-refractivity contribution in [3.05, 3.63) is 34.9 Å². The lowest BCUT2D eigenvalue weighted by Gasteiger charge is -2.31. The van der Waals surface area contributed by atoms with Crippen LogP contribution in [-0.4, -0.2) is 48.2 Å². The Kier molecular flexibility index (Phi) is 4.93. The van der Waals surface area contributed by atoms with Gasteiger partial charge in [-0.25, -0.2) is 4.79 Å². The molecule has 1 aliphatic rings. The molecule has 1 unspecified atom stereocenters. The maximum atomic E-state index is 12.3. The van der Waals surface area contributed by atoms with Crippen LogP contribution in [-0.2, 0) is 22.5 Å². The minimum atomic E-state index is -0.960. The molecule has 6 nitrogen and oxygen atoms in total. The van der Waals surface area contributed by atoms with Gasteiger partial charge < -0.3 is 20.5 Å². The fraction of sp³-hybridized carbons (Fsp3) is 0.467. The molecule has 1 aliphatic heterocycles. The number of aromatic carboxylic acids is 1. The van der Waals surface area contributed by atoms with Gasteiger partial charge >= 0.3 is 5.97 Å². The summed E-state index contributed by atoms with van der Waals surface area (Å²) in [6.45, 7) is 1.47. The maximum absolute atomic E-state index is 12.3. The SMILES string of the molecule is COCCC(N)C(=O)N1CCc2ccc(C(=O)O)cc2C1. The second-order valence-electron chi connectivity index (χ2n) is 5.19. The number of rotatable bonds is 5. The van der Waals surface area contributed by atoms with Crippen molar-refractivity contribution in [2.24, 2.45) is 5.73 Å². The largest absolute Gasteiger partial charge is 0.478 e. The van der Waals surface area contributed by atoms with Gasteiger partial charge in [-0.15, -0.1) is 0 Å². The molecule has 2 rings (SSSR count). The number of carbonyl (C=O) groups excluding carboxylic acids is 1. The van der Waals surface area contributed by atoms with Gasteiger partial charge in [-0.2, -0.15) is 0 Å². The number of hydrogen-bond donors (Lipinski definition) is 2. The van der Waals surface area contributed by atoms with Gasteiger partial charge in [0.25, 0.3) is 0 Å². The number of hydrogen-bond acceptors (Lipinski definition) is 4. The van der Waals surface area contributed by atoms with Crippen molar-refractivity contribution >= 4 is 11.9 Å². The van der Waals surface area contributed by atoms with E-state index in [4.69, 9.17) is 15.6 Å². The van der Waals surface area contributed by atoms with Gasteiger partial charge in [-0.1, -0.05) is 6.07 Å². The van der Waals surface area contributed by atoms with E-state index in [-0.39, 0.29) is 11.5 Å². The van der Waals surface area contributed by atoms with Crippen molar-refractivity contribution in [1.29, 1.82) is 0 Å². The summed E-state index contributed by atoms with van der Waals surface area (Å²) in [7, 11) is 1.57.